The minimum absolute atomic E-state index is 0.0178. The number of anilines is 1. The molecule has 0 aliphatic carbocycles. The Morgan fingerprint density at radius 1 is 1.43 bits per heavy atom. The van der Waals surface area contributed by atoms with E-state index >= 15 is 0 Å². The molecule has 2 atom stereocenters. The third kappa shape index (κ3) is 2.57. The molecule has 4 N–H and O–H groups in total. The lowest BCUT2D eigenvalue weighted by Crippen LogP contribution is -2.48. The van der Waals surface area contributed by atoms with Crippen molar-refractivity contribution in [3.8, 4) is 0 Å². The molecular formula is C16H20N6O. The first-order valence-electron chi connectivity index (χ1n) is 7.97. The number of carbonyl (C=O) groups is 1. The number of aromatic nitrogens is 3. The summed E-state index contributed by atoms with van der Waals surface area (Å²) in [6, 6.07) is 6.26. The SMILES string of the molecule is N[C@H]1CCc2cccc3c2N(C1)[C@H](C(=O)NCc1cn[nH]n1)C3. The molecule has 0 saturated heterocycles. The Morgan fingerprint density at radius 2 is 2.30 bits per heavy atom. The van der Waals surface area contributed by atoms with E-state index < -0.39 is 0 Å². The van der Waals surface area contributed by atoms with Gasteiger partial charge < -0.3 is 16.0 Å². The van der Waals surface area contributed by atoms with Crippen molar-refractivity contribution in [3.05, 3.63) is 41.2 Å². The van der Waals surface area contributed by atoms with Gasteiger partial charge in [-0.2, -0.15) is 15.4 Å². The maximum Gasteiger partial charge on any atom is 0.243 e. The number of nitrogens with two attached hydrogens (primary N) is 1. The molecule has 2 aliphatic heterocycles. The lowest BCUT2D eigenvalue weighted by atomic mass is 10.0. The van der Waals surface area contributed by atoms with E-state index in [1.54, 1.807) is 6.20 Å². The first-order valence-corrected chi connectivity index (χ1v) is 7.97. The predicted molar refractivity (Wildman–Crippen MR) is 85.8 cm³/mol. The van der Waals surface area contributed by atoms with Gasteiger partial charge in [-0.05, 0) is 24.0 Å². The molecule has 2 aromatic rings. The third-order valence-corrected chi connectivity index (χ3v) is 4.71. The highest BCUT2D eigenvalue weighted by Gasteiger charge is 2.37. The molecule has 0 unspecified atom stereocenters. The van der Waals surface area contributed by atoms with Gasteiger partial charge in [0.2, 0.25) is 5.91 Å². The van der Waals surface area contributed by atoms with Crippen LogP contribution < -0.4 is 16.0 Å². The van der Waals surface area contributed by atoms with Crippen LogP contribution >= 0.6 is 0 Å². The summed E-state index contributed by atoms with van der Waals surface area (Å²) in [5.74, 6) is 0.0178. The Bertz CT molecular complexity index is 713. The number of rotatable bonds is 3. The maximum atomic E-state index is 12.7. The summed E-state index contributed by atoms with van der Waals surface area (Å²) in [5, 5.41) is 13.2. The van der Waals surface area contributed by atoms with Crippen molar-refractivity contribution >= 4 is 11.6 Å². The van der Waals surface area contributed by atoms with Crippen molar-refractivity contribution in [2.75, 3.05) is 11.4 Å². The molecule has 4 rings (SSSR count). The Kier molecular flexibility index (Phi) is 3.49. The van der Waals surface area contributed by atoms with Crippen LogP contribution in [-0.4, -0.2) is 39.9 Å². The zero-order valence-corrected chi connectivity index (χ0v) is 12.8. The average Bonchev–Trinajstić information content (AvgIpc) is 3.15. The largest absolute Gasteiger partial charge is 0.357 e. The third-order valence-electron chi connectivity index (χ3n) is 4.71. The normalized spacial score (nSPS) is 22.6. The van der Waals surface area contributed by atoms with Crippen molar-refractivity contribution in [2.45, 2.75) is 37.9 Å². The fourth-order valence-electron chi connectivity index (χ4n) is 3.60. The Morgan fingerprint density at radius 3 is 3.13 bits per heavy atom. The summed E-state index contributed by atoms with van der Waals surface area (Å²) in [6.45, 7) is 1.11. The van der Waals surface area contributed by atoms with Crippen LogP contribution in [-0.2, 0) is 24.2 Å². The second-order valence-electron chi connectivity index (χ2n) is 6.28. The lowest BCUT2D eigenvalue weighted by Gasteiger charge is -2.28. The van der Waals surface area contributed by atoms with E-state index in [-0.39, 0.29) is 18.0 Å². The van der Waals surface area contributed by atoms with Crippen LogP contribution in [0.1, 0.15) is 23.2 Å². The molecule has 7 nitrogen and oxygen atoms in total. The molecule has 0 fully saturated rings. The summed E-state index contributed by atoms with van der Waals surface area (Å²) < 4.78 is 0. The molecule has 3 heterocycles. The van der Waals surface area contributed by atoms with E-state index in [0.717, 1.165) is 31.5 Å². The molecule has 23 heavy (non-hydrogen) atoms. The molecule has 120 valence electrons. The average molecular weight is 312 g/mol. The number of hydrogen-bond acceptors (Lipinski definition) is 5. The molecule has 1 amide bonds. The molecule has 2 aliphatic rings. The van der Waals surface area contributed by atoms with Gasteiger partial charge in [-0.15, -0.1) is 0 Å². The number of carbonyl (C=O) groups excluding carboxylic acids is 1. The van der Waals surface area contributed by atoms with Crippen molar-refractivity contribution in [1.82, 2.24) is 20.7 Å². The quantitative estimate of drug-likeness (QED) is 0.748. The topological polar surface area (TPSA) is 99.9 Å². The van der Waals surface area contributed by atoms with Crippen LogP contribution in [0.5, 0.6) is 0 Å². The standard InChI is InChI=1S/C16H20N6O/c17-12-5-4-10-2-1-3-11-6-14(22(9-12)15(10)11)16(23)18-7-13-8-19-21-20-13/h1-3,8,12,14H,4-7,9,17H2,(H,18,23)(H,19,20,21)/t12-,14-/m0/s1. The Balaban J connectivity index is 1.56. The maximum absolute atomic E-state index is 12.7. The summed E-state index contributed by atoms with van der Waals surface area (Å²) in [7, 11) is 0. The number of hydrogen-bond donors (Lipinski definition) is 3. The van der Waals surface area contributed by atoms with Gasteiger partial charge in [0.05, 0.1) is 12.7 Å². The van der Waals surface area contributed by atoms with Gasteiger partial charge in [-0.25, -0.2) is 0 Å². The molecule has 0 spiro atoms. The van der Waals surface area contributed by atoms with Crippen LogP contribution in [0.25, 0.3) is 0 Å². The zero-order valence-electron chi connectivity index (χ0n) is 12.8. The van der Waals surface area contributed by atoms with Crippen LogP contribution in [0.2, 0.25) is 0 Å². The highest BCUT2D eigenvalue weighted by atomic mass is 16.2. The van der Waals surface area contributed by atoms with Gasteiger partial charge in [0, 0.05) is 24.7 Å². The van der Waals surface area contributed by atoms with Crippen molar-refractivity contribution in [1.29, 1.82) is 0 Å². The van der Waals surface area contributed by atoms with E-state index in [1.165, 1.54) is 16.8 Å². The molecule has 0 saturated carbocycles. The minimum Gasteiger partial charge on any atom is -0.357 e. The molecule has 0 bridgehead atoms. The number of aromatic amines is 1. The van der Waals surface area contributed by atoms with Crippen molar-refractivity contribution < 1.29 is 4.79 Å². The summed E-state index contributed by atoms with van der Waals surface area (Å²) >= 11 is 0. The molecule has 1 aromatic heterocycles. The Hall–Kier alpha value is -2.41. The second kappa shape index (κ2) is 5.66. The van der Waals surface area contributed by atoms with Gasteiger partial charge in [0.1, 0.15) is 11.7 Å². The number of amides is 1. The number of H-pyrrole nitrogens is 1. The van der Waals surface area contributed by atoms with Gasteiger partial charge in [0.15, 0.2) is 0 Å². The minimum atomic E-state index is -0.192. The van der Waals surface area contributed by atoms with Crippen molar-refractivity contribution in [2.24, 2.45) is 5.73 Å². The summed E-state index contributed by atoms with van der Waals surface area (Å²) in [5.41, 5.74) is 10.7. The molecule has 0 radical (unpaired) electrons. The highest BCUT2D eigenvalue weighted by Crippen LogP contribution is 2.38. The number of nitrogens with one attached hydrogen (secondary N) is 2. The van der Waals surface area contributed by atoms with E-state index in [4.69, 9.17) is 5.73 Å². The van der Waals surface area contributed by atoms with E-state index in [1.807, 2.05) is 0 Å². The number of benzene rings is 1. The van der Waals surface area contributed by atoms with Crippen LogP contribution in [0, 0.1) is 0 Å². The predicted octanol–water partition coefficient (Wildman–Crippen LogP) is 0.126. The second-order valence-corrected chi connectivity index (χ2v) is 6.28. The lowest BCUT2D eigenvalue weighted by molar-refractivity contribution is -0.122. The Labute approximate surface area is 134 Å². The zero-order chi connectivity index (χ0) is 15.8. The molecular weight excluding hydrogens is 292 g/mol. The fraction of sp³-hybridized carbons (Fsp3) is 0.438. The summed E-state index contributed by atoms with van der Waals surface area (Å²) in [6.07, 6.45) is 4.29. The fourth-order valence-corrected chi connectivity index (χ4v) is 3.60. The first kappa shape index (κ1) is 14.2. The van der Waals surface area contributed by atoms with Gasteiger partial charge in [-0.3, -0.25) is 4.79 Å². The number of para-hydroxylation sites is 1. The number of nitrogens with zero attached hydrogens (tertiary/aromatic N) is 3. The van der Waals surface area contributed by atoms with E-state index in [0.29, 0.717) is 6.54 Å². The van der Waals surface area contributed by atoms with E-state index in [9.17, 15) is 4.79 Å². The van der Waals surface area contributed by atoms with Gasteiger partial charge in [-0.1, -0.05) is 18.2 Å². The van der Waals surface area contributed by atoms with Crippen LogP contribution in [0.15, 0.2) is 24.4 Å². The van der Waals surface area contributed by atoms with Crippen molar-refractivity contribution in [3.63, 3.8) is 0 Å². The smallest absolute Gasteiger partial charge is 0.243 e. The molecule has 1 aromatic carbocycles. The highest BCUT2D eigenvalue weighted by molar-refractivity contribution is 5.89. The van der Waals surface area contributed by atoms with Gasteiger partial charge in [0.25, 0.3) is 0 Å². The van der Waals surface area contributed by atoms with Gasteiger partial charge >= 0.3 is 0 Å². The molecule has 7 heteroatoms. The summed E-state index contributed by atoms with van der Waals surface area (Å²) in [4.78, 5) is 14.9. The van der Waals surface area contributed by atoms with Crippen LogP contribution in [0.4, 0.5) is 5.69 Å². The number of aryl methyl sites for hydroxylation is 1. The monoisotopic (exact) mass is 312 g/mol. The van der Waals surface area contributed by atoms with Crippen LogP contribution in [0.3, 0.4) is 0 Å². The van der Waals surface area contributed by atoms with E-state index in [2.05, 4.69) is 43.8 Å². The first-order chi connectivity index (χ1) is 11.2.